The molecule has 2 aliphatic rings. The van der Waals surface area contributed by atoms with E-state index < -0.39 is 29.5 Å². The Morgan fingerprint density at radius 3 is 2.45 bits per heavy atom. The van der Waals surface area contributed by atoms with E-state index in [9.17, 15) is 19.8 Å². The molecule has 7 heteroatoms. The molecule has 3 unspecified atom stereocenters. The van der Waals surface area contributed by atoms with Crippen molar-refractivity contribution in [3.8, 4) is 11.5 Å². The Morgan fingerprint density at radius 2 is 1.70 bits per heavy atom. The van der Waals surface area contributed by atoms with Gasteiger partial charge in [0.15, 0.2) is 0 Å². The SMILES string of the molecule is COc1ccc(C(C2=C(O)C3C=CC=CC3OC2=O)c2c(O)c3ccccc3oc2=O)cc1. The van der Waals surface area contributed by atoms with E-state index >= 15 is 0 Å². The Kier molecular flexibility index (Phi) is 5.01. The number of esters is 1. The van der Waals surface area contributed by atoms with Gasteiger partial charge in [-0.1, -0.05) is 42.5 Å². The zero-order valence-electron chi connectivity index (χ0n) is 17.6. The second-order valence-electron chi connectivity index (χ2n) is 7.82. The van der Waals surface area contributed by atoms with Gasteiger partial charge in [0.25, 0.3) is 0 Å². The molecule has 5 rings (SSSR count). The third kappa shape index (κ3) is 3.38. The quantitative estimate of drug-likeness (QED) is 0.461. The number of carbonyl (C=O) groups is 1. The van der Waals surface area contributed by atoms with Crippen molar-refractivity contribution >= 4 is 16.9 Å². The Labute approximate surface area is 188 Å². The second kappa shape index (κ2) is 8.02. The first-order chi connectivity index (χ1) is 16.0. The van der Waals surface area contributed by atoms with Crippen LogP contribution in [0.5, 0.6) is 11.5 Å². The van der Waals surface area contributed by atoms with Gasteiger partial charge in [-0.2, -0.15) is 0 Å². The lowest BCUT2D eigenvalue weighted by molar-refractivity contribution is -0.146. The summed E-state index contributed by atoms with van der Waals surface area (Å²) in [5.74, 6) is -2.48. The monoisotopic (exact) mass is 444 g/mol. The zero-order valence-corrected chi connectivity index (χ0v) is 17.6. The van der Waals surface area contributed by atoms with Gasteiger partial charge in [0, 0.05) is 0 Å². The van der Waals surface area contributed by atoms with Gasteiger partial charge in [-0.05, 0) is 35.9 Å². The van der Waals surface area contributed by atoms with Gasteiger partial charge < -0.3 is 24.1 Å². The van der Waals surface area contributed by atoms with Crippen molar-refractivity contribution in [3.63, 3.8) is 0 Å². The molecule has 0 fully saturated rings. The number of aromatic hydroxyl groups is 1. The van der Waals surface area contributed by atoms with Crippen LogP contribution in [0.3, 0.4) is 0 Å². The van der Waals surface area contributed by atoms with Crippen molar-refractivity contribution in [1.29, 1.82) is 0 Å². The summed E-state index contributed by atoms with van der Waals surface area (Å²) < 4.78 is 16.3. The molecule has 1 aliphatic carbocycles. The van der Waals surface area contributed by atoms with E-state index in [2.05, 4.69) is 0 Å². The van der Waals surface area contributed by atoms with Crippen LogP contribution in [0, 0.1) is 5.92 Å². The molecule has 2 heterocycles. The van der Waals surface area contributed by atoms with Gasteiger partial charge in [-0.3, -0.25) is 0 Å². The topological polar surface area (TPSA) is 106 Å². The molecular weight excluding hydrogens is 424 g/mol. The Morgan fingerprint density at radius 1 is 0.970 bits per heavy atom. The van der Waals surface area contributed by atoms with E-state index in [4.69, 9.17) is 13.9 Å². The lowest BCUT2D eigenvalue weighted by atomic mass is 9.79. The number of carbonyl (C=O) groups excluding carboxylic acids is 1. The van der Waals surface area contributed by atoms with Crippen LogP contribution in [0.1, 0.15) is 17.0 Å². The van der Waals surface area contributed by atoms with Gasteiger partial charge in [0.1, 0.15) is 28.9 Å². The fourth-order valence-electron chi connectivity index (χ4n) is 4.36. The molecule has 0 saturated heterocycles. The van der Waals surface area contributed by atoms with Crippen LogP contribution in [0.2, 0.25) is 0 Å². The van der Waals surface area contributed by atoms with Gasteiger partial charge in [0.05, 0.1) is 35.5 Å². The number of aliphatic hydroxyl groups is 1. The molecule has 0 spiro atoms. The van der Waals surface area contributed by atoms with E-state index in [1.165, 1.54) is 7.11 Å². The number of benzene rings is 2. The predicted octanol–water partition coefficient (Wildman–Crippen LogP) is 4.12. The Hall–Kier alpha value is -4.26. The number of para-hydroxylation sites is 1. The van der Waals surface area contributed by atoms with Crippen molar-refractivity contribution in [2.24, 2.45) is 5.92 Å². The molecule has 7 nitrogen and oxygen atoms in total. The fourth-order valence-corrected chi connectivity index (χ4v) is 4.36. The molecular formula is C26H20O7. The van der Waals surface area contributed by atoms with Crippen molar-refractivity contribution in [1.82, 2.24) is 0 Å². The van der Waals surface area contributed by atoms with Gasteiger partial charge in [-0.15, -0.1) is 0 Å². The Bertz CT molecular complexity index is 1390. The average Bonchev–Trinajstić information content (AvgIpc) is 2.83. The van der Waals surface area contributed by atoms with Crippen LogP contribution in [0.4, 0.5) is 0 Å². The van der Waals surface area contributed by atoms with Gasteiger partial charge in [-0.25, -0.2) is 9.59 Å². The highest BCUT2D eigenvalue weighted by Crippen LogP contribution is 2.43. The standard InChI is InChI=1S/C26H20O7/c1-31-15-12-10-14(11-13-15)20(21-23(27)16-6-2-4-8-18(16)32-25(21)29)22-24(28)17-7-3-5-9-19(17)33-26(22)30/h2-13,16,18,20,27-28H,1H3. The molecule has 3 aromatic rings. The van der Waals surface area contributed by atoms with E-state index in [0.29, 0.717) is 16.7 Å². The number of rotatable bonds is 4. The highest BCUT2D eigenvalue weighted by atomic mass is 16.5. The minimum absolute atomic E-state index is 0.126. The van der Waals surface area contributed by atoms with E-state index in [-0.39, 0.29) is 28.2 Å². The highest BCUT2D eigenvalue weighted by Gasteiger charge is 2.42. The van der Waals surface area contributed by atoms with Crippen LogP contribution in [-0.4, -0.2) is 29.4 Å². The van der Waals surface area contributed by atoms with Crippen molar-refractivity contribution < 1.29 is 28.9 Å². The normalized spacial score (nSPS) is 20.5. The Balaban J connectivity index is 1.79. The zero-order chi connectivity index (χ0) is 23.1. The van der Waals surface area contributed by atoms with E-state index in [1.54, 1.807) is 72.8 Å². The smallest absolute Gasteiger partial charge is 0.344 e. The fraction of sp³-hybridized carbons (Fsp3) is 0.154. The van der Waals surface area contributed by atoms with Crippen molar-refractivity contribution in [3.05, 3.63) is 106 Å². The third-order valence-electron chi connectivity index (χ3n) is 5.99. The first-order valence-electron chi connectivity index (χ1n) is 10.4. The minimum Gasteiger partial charge on any atom is -0.511 e. The number of fused-ring (bicyclic) bond motifs is 2. The maximum Gasteiger partial charge on any atom is 0.344 e. The molecule has 1 aliphatic heterocycles. The molecule has 1 aromatic heterocycles. The maximum absolute atomic E-state index is 13.1. The number of hydrogen-bond acceptors (Lipinski definition) is 7. The maximum atomic E-state index is 13.1. The second-order valence-corrected chi connectivity index (χ2v) is 7.82. The summed E-state index contributed by atoms with van der Waals surface area (Å²) in [5.41, 5.74) is -0.422. The van der Waals surface area contributed by atoms with Gasteiger partial charge >= 0.3 is 11.6 Å². The summed E-state index contributed by atoms with van der Waals surface area (Å²) >= 11 is 0. The molecule has 2 N–H and O–H groups in total. The molecule has 2 aromatic carbocycles. The van der Waals surface area contributed by atoms with Crippen molar-refractivity contribution in [2.45, 2.75) is 12.0 Å². The highest BCUT2D eigenvalue weighted by molar-refractivity contribution is 5.94. The van der Waals surface area contributed by atoms with Crippen LogP contribution in [-0.2, 0) is 9.53 Å². The predicted molar refractivity (Wildman–Crippen MR) is 120 cm³/mol. The summed E-state index contributed by atoms with van der Waals surface area (Å²) in [6, 6.07) is 13.2. The van der Waals surface area contributed by atoms with Crippen LogP contribution in [0.15, 0.2) is 93.4 Å². The molecule has 0 amide bonds. The van der Waals surface area contributed by atoms with Crippen LogP contribution >= 0.6 is 0 Å². The summed E-state index contributed by atoms with van der Waals surface area (Å²) in [6.45, 7) is 0. The first-order valence-corrected chi connectivity index (χ1v) is 10.4. The van der Waals surface area contributed by atoms with E-state index in [0.717, 1.165) is 0 Å². The number of hydrogen-bond donors (Lipinski definition) is 2. The van der Waals surface area contributed by atoms with Crippen LogP contribution in [0.25, 0.3) is 11.0 Å². The summed E-state index contributed by atoms with van der Waals surface area (Å²) in [5, 5.41) is 22.6. The van der Waals surface area contributed by atoms with Crippen molar-refractivity contribution in [2.75, 3.05) is 7.11 Å². The number of allylic oxidation sites excluding steroid dienone is 2. The lowest BCUT2D eigenvalue weighted by Gasteiger charge is -2.33. The summed E-state index contributed by atoms with van der Waals surface area (Å²) in [4.78, 5) is 26.2. The molecule has 3 atom stereocenters. The third-order valence-corrected chi connectivity index (χ3v) is 5.99. The molecule has 0 saturated carbocycles. The largest absolute Gasteiger partial charge is 0.511 e. The average molecular weight is 444 g/mol. The summed E-state index contributed by atoms with van der Waals surface area (Å²) in [6.07, 6.45) is 6.24. The van der Waals surface area contributed by atoms with E-state index in [1.807, 2.05) is 0 Å². The molecule has 0 bridgehead atoms. The van der Waals surface area contributed by atoms with Gasteiger partial charge in [0.2, 0.25) is 0 Å². The number of aliphatic hydroxyl groups excluding tert-OH is 1. The first kappa shape index (κ1) is 20.6. The number of methoxy groups -OCH3 is 1. The molecule has 0 radical (unpaired) electrons. The minimum atomic E-state index is -1.13. The molecule has 33 heavy (non-hydrogen) atoms. The summed E-state index contributed by atoms with van der Waals surface area (Å²) in [7, 11) is 1.52. The lowest BCUT2D eigenvalue weighted by Crippen LogP contribution is -2.36. The number of ether oxygens (including phenoxy) is 2. The molecule has 166 valence electrons. The van der Waals surface area contributed by atoms with Crippen LogP contribution < -0.4 is 10.4 Å².